The molecule has 0 aliphatic carbocycles. The average molecular weight is 720 g/mol. The van der Waals surface area contributed by atoms with E-state index in [0.717, 1.165) is 13.1 Å². The maximum absolute atomic E-state index is 13.4. The molecule has 0 saturated carbocycles. The molecule has 0 aliphatic heterocycles. The van der Waals surface area contributed by atoms with Crippen molar-refractivity contribution in [2.75, 3.05) is 90.7 Å². The summed E-state index contributed by atoms with van der Waals surface area (Å²) in [5.41, 5.74) is 12.0. The van der Waals surface area contributed by atoms with Crippen molar-refractivity contribution in [2.45, 2.75) is 45.7 Å². The van der Waals surface area contributed by atoms with E-state index in [4.69, 9.17) is 11.5 Å². The number of hydrogen-bond donors (Lipinski definition) is 7. The first-order chi connectivity index (χ1) is 24.1. The van der Waals surface area contributed by atoms with Gasteiger partial charge in [0.05, 0.1) is 19.5 Å². The van der Waals surface area contributed by atoms with Gasteiger partial charge in [-0.25, -0.2) is 4.79 Å². The van der Waals surface area contributed by atoms with Crippen molar-refractivity contribution in [3.63, 3.8) is 0 Å². The minimum absolute atomic E-state index is 0.0489. The molecule has 18 heteroatoms. The molecule has 0 heterocycles. The Kier molecular flexibility index (Phi) is 20.4. The Labute approximate surface area is 300 Å². The van der Waals surface area contributed by atoms with Gasteiger partial charge >= 0.3 is 6.03 Å². The van der Waals surface area contributed by atoms with Crippen LogP contribution in [-0.2, 0) is 28.8 Å². The molecule has 286 valence electrons. The number of hydrogen-bond acceptors (Lipinski definition) is 10. The predicted octanol–water partition coefficient (Wildman–Crippen LogP) is -1.60. The van der Waals surface area contributed by atoms with E-state index in [1.807, 2.05) is 21.0 Å². The summed E-state index contributed by atoms with van der Waals surface area (Å²) in [6.07, 6.45) is 0.632. The molecule has 8 amide bonds. The van der Waals surface area contributed by atoms with Crippen LogP contribution >= 0.6 is 0 Å². The molecular weight excluding hydrogens is 662 g/mol. The van der Waals surface area contributed by atoms with Crippen LogP contribution in [0, 0.1) is 5.92 Å². The van der Waals surface area contributed by atoms with E-state index < -0.39 is 48.0 Å². The van der Waals surface area contributed by atoms with E-state index in [-0.39, 0.29) is 31.6 Å². The zero-order valence-electron chi connectivity index (χ0n) is 30.7. The van der Waals surface area contributed by atoms with Crippen LogP contribution in [0.15, 0.2) is 24.3 Å². The fourth-order valence-electron chi connectivity index (χ4n) is 4.84. The lowest BCUT2D eigenvalue weighted by Crippen LogP contribution is -2.55. The molecule has 0 fully saturated rings. The maximum atomic E-state index is 13.4. The van der Waals surface area contributed by atoms with Gasteiger partial charge < -0.3 is 52.8 Å². The SMILES string of the molecule is CCCN(CC(=O)NC(C(N)=O)C(C)C)C(=O)C(CC(N)=O)NC(=O)CN(C)CCN(C)CCN(C)CCNC(=O)Nc1ccc(NC=O)cc1. The van der Waals surface area contributed by atoms with Gasteiger partial charge in [-0.1, -0.05) is 20.8 Å². The molecule has 9 N–H and O–H groups in total. The van der Waals surface area contributed by atoms with Crippen LogP contribution in [0.25, 0.3) is 0 Å². The summed E-state index contributed by atoms with van der Waals surface area (Å²) in [6.45, 7) is 8.70. The molecule has 0 aromatic heterocycles. The second kappa shape index (κ2) is 23.6. The second-order valence-corrected chi connectivity index (χ2v) is 12.8. The van der Waals surface area contributed by atoms with Crippen LogP contribution in [0.2, 0.25) is 0 Å². The third-order valence-electron chi connectivity index (χ3n) is 7.76. The number of nitrogens with one attached hydrogen (secondary N) is 5. The zero-order valence-corrected chi connectivity index (χ0v) is 30.7. The number of primary amides is 2. The van der Waals surface area contributed by atoms with Crippen molar-refractivity contribution >= 4 is 53.4 Å². The van der Waals surface area contributed by atoms with E-state index in [9.17, 15) is 33.6 Å². The van der Waals surface area contributed by atoms with Crippen LogP contribution in [0.4, 0.5) is 16.2 Å². The van der Waals surface area contributed by atoms with Gasteiger partial charge in [0.1, 0.15) is 12.1 Å². The molecule has 2 unspecified atom stereocenters. The number of benzene rings is 1. The number of rotatable bonds is 25. The Morgan fingerprint density at radius 1 is 0.765 bits per heavy atom. The maximum Gasteiger partial charge on any atom is 0.319 e. The summed E-state index contributed by atoms with van der Waals surface area (Å²) in [6, 6.07) is 4.21. The lowest BCUT2D eigenvalue weighted by Gasteiger charge is -2.28. The summed E-state index contributed by atoms with van der Waals surface area (Å²) in [5.74, 6) is -3.47. The third-order valence-corrected chi connectivity index (χ3v) is 7.76. The van der Waals surface area contributed by atoms with E-state index in [2.05, 4.69) is 36.4 Å². The largest absolute Gasteiger partial charge is 0.370 e. The number of nitrogens with zero attached hydrogens (tertiary/aromatic N) is 4. The van der Waals surface area contributed by atoms with Crippen molar-refractivity contribution in [1.82, 2.24) is 35.6 Å². The van der Waals surface area contributed by atoms with Crippen molar-refractivity contribution in [3.05, 3.63) is 24.3 Å². The highest BCUT2D eigenvalue weighted by atomic mass is 16.2. The highest BCUT2D eigenvalue weighted by Gasteiger charge is 2.30. The minimum atomic E-state index is -1.27. The number of likely N-dealkylation sites (N-methyl/N-ethyl adjacent to an activating group) is 3. The number of amides is 8. The standard InChI is InChI=1S/C33H57N11O7/c1-7-13-44(21-29(48)40-30(23(2)3)31(35)49)32(50)26(19-27(34)46)39-28(47)20-43(6)18-17-42(5)16-15-41(4)14-12-36-33(51)38-25-10-8-24(9-11-25)37-22-45/h8-11,22-23,26,30H,7,12-21H2,1-6H3,(H2,34,46)(H2,35,49)(H,37,45)(H,39,47)(H,40,48)(H2,36,38,51). The zero-order chi connectivity index (χ0) is 38.5. The Hall–Kier alpha value is -4.81. The number of carbonyl (C=O) groups excluding carboxylic acids is 7. The molecule has 0 saturated heterocycles. The van der Waals surface area contributed by atoms with Gasteiger partial charge in [-0.15, -0.1) is 0 Å². The van der Waals surface area contributed by atoms with Gasteiger partial charge in [0, 0.05) is 57.2 Å². The van der Waals surface area contributed by atoms with Gasteiger partial charge in [-0.05, 0) is 57.7 Å². The molecule has 18 nitrogen and oxygen atoms in total. The fourth-order valence-corrected chi connectivity index (χ4v) is 4.84. The first kappa shape index (κ1) is 44.2. The van der Waals surface area contributed by atoms with Crippen molar-refractivity contribution in [1.29, 1.82) is 0 Å². The van der Waals surface area contributed by atoms with Gasteiger partial charge in [0.2, 0.25) is 35.9 Å². The quantitative estimate of drug-likeness (QED) is 0.0571. The van der Waals surface area contributed by atoms with Gasteiger partial charge in [-0.2, -0.15) is 0 Å². The van der Waals surface area contributed by atoms with E-state index in [0.29, 0.717) is 50.4 Å². The number of carbonyl (C=O) groups is 7. The molecular formula is C33H57N11O7. The predicted molar refractivity (Wildman–Crippen MR) is 194 cm³/mol. The topological polar surface area (TPSA) is 245 Å². The summed E-state index contributed by atoms with van der Waals surface area (Å²) in [7, 11) is 5.66. The van der Waals surface area contributed by atoms with Gasteiger partial charge in [-0.3, -0.25) is 33.7 Å². The summed E-state index contributed by atoms with van der Waals surface area (Å²) in [5, 5.41) is 13.2. The Morgan fingerprint density at radius 2 is 1.31 bits per heavy atom. The monoisotopic (exact) mass is 719 g/mol. The highest BCUT2D eigenvalue weighted by molar-refractivity contribution is 5.95. The summed E-state index contributed by atoms with van der Waals surface area (Å²) >= 11 is 0. The molecule has 1 aromatic rings. The van der Waals surface area contributed by atoms with Gasteiger partial charge in [0.15, 0.2) is 0 Å². The molecule has 1 aromatic carbocycles. The molecule has 1 rings (SSSR count). The smallest absolute Gasteiger partial charge is 0.319 e. The lowest BCUT2D eigenvalue weighted by molar-refractivity contribution is -0.141. The van der Waals surface area contributed by atoms with E-state index in [1.54, 1.807) is 50.1 Å². The van der Waals surface area contributed by atoms with Crippen LogP contribution in [0.5, 0.6) is 0 Å². The Bertz CT molecular complexity index is 1300. The highest BCUT2D eigenvalue weighted by Crippen LogP contribution is 2.12. The third kappa shape index (κ3) is 18.7. The Balaban J connectivity index is 2.51. The molecule has 2 atom stereocenters. The summed E-state index contributed by atoms with van der Waals surface area (Å²) in [4.78, 5) is 92.4. The number of anilines is 2. The minimum Gasteiger partial charge on any atom is -0.370 e. The van der Waals surface area contributed by atoms with Crippen molar-refractivity contribution < 1.29 is 33.6 Å². The number of nitrogens with two attached hydrogens (primary N) is 2. The van der Waals surface area contributed by atoms with E-state index in [1.165, 1.54) is 4.90 Å². The second-order valence-electron chi connectivity index (χ2n) is 12.8. The van der Waals surface area contributed by atoms with Crippen LogP contribution in [-0.4, -0.2) is 154 Å². The van der Waals surface area contributed by atoms with Crippen LogP contribution in [0.3, 0.4) is 0 Å². The molecule has 0 bridgehead atoms. The number of urea groups is 1. The summed E-state index contributed by atoms with van der Waals surface area (Å²) < 4.78 is 0. The normalized spacial score (nSPS) is 12.3. The first-order valence-electron chi connectivity index (χ1n) is 16.9. The van der Waals surface area contributed by atoms with Crippen LogP contribution < -0.4 is 38.1 Å². The van der Waals surface area contributed by atoms with Crippen molar-refractivity contribution in [3.8, 4) is 0 Å². The van der Waals surface area contributed by atoms with Gasteiger partial charge in [0.25, 0.3) is 0 Å². The van der Waals surface area contributed by atoms with Crippen LogP contribution in [0.1, 0.15) is 33.6 Å². The molecule has 0 radical (unpaired) electrons. The average Bonchev–Trinajstić information content (AvgIpc) is 3.05. The first-order valence-corrected chi connectivity index (χ1v) is 16.9. The van der Waals surface area contributed by atoms with E-state index >= 15 is 0 Å². The Morgan fingerprint density at radius 3 is 1.84 bits per heavy atom. The van der Waals surface area contributed by atoms with Crippen molar-refractivity contribution in [2.24, 2.45) is 17.4 Å². The molecule has 0 spiro atoms. The molecule has 0 aliphatic rings. The molecule has 51 heavy (non-hydrogen) atoms. The fraction of sp³-hybridized carbons (Fsp3) is 0.606. The lowest BCUT2D eigenvalue weighted by atomic mass is 10.0.